The molecular weight excluding hydrogens is 346 g/mol. The molecule has 3 heterocycles. The Kier molecular flexibility index (Phi) is 4.61. The minimum Gasteiger partial charge on any atom is -0.493 e. The van der Waals surface area contributed by atoms with Crippen LogP contribution in [0, 0.1) is 6.92 Å². The average molecular weight is 372 g/mol. The highest BCUT2D eigenvalue weighted by atomic mass is 16.5. The molecule has 144 valence electrons. The van der Waals surface area contributed by atoms with Gasteiger partial charge in [-0.3, -0.25) is 4.40 Å². The molecular formula is C19H26N5O3+. The standard InChI is InChI=1S/C19H25N5O3/c1-11-8-23(9-12(2)27-11)10-18-21-22-19-14-6-16(25-4)17(26-5)7-15(14)20-13(3)24(18)19/h6-7,11-12H,8-10H2,1-5H3/p+1/t11-,12+. The summed E-state index contributed by atoms with van der Waals surface area (Å²) in [7, 11) is 3.25. The lowest BCUT2D eigenvalue weighted by atomic mass is 10.2. The van der Waals surface area contributed by atoms with Gasteiger partial charge in [0.2, 0.25) is 0 Å². The number of morpholine rings is 1. The van der Waals surface area contributed by atoms with Gasteiger partial charge in [-0.05, 0) is 26.8 Å². The smallest absolute Gasteiger partial charge is 0.194 e. The summed E-state index contributed by atoms with van der Waals surface area (Å²) in [6, 6.07) is 3.80. The van der Waals surface area contributed by atoms with Gasteiger partial charge in [0.1, 0.15) is 37.7 Å². The maximum Gasteiger partial charge on any atom is 0.194 e. The third kappa shape index (κ3) is 3.19. The summed E-state index contributed by atoms with van der Waals surface area (Å²) in [5.74, 6) is 3.09. The third-order valence-corrected chi connectivity index (χ3v) is 5.10. The number of nitrogens with one attached hydrogen (secondary N) is 1. The predicted molar refractivity (Wildman–Crippen MR) is 101 cm³/mol. The summed E-state index contributed by atoms with van der Waals surface area (Å²) in [4.78, 5) is 6.20. The van der Waals surface area contributed by atoms with Crippen LogP contribution in [0.2, 0.25) is 0 Å². The Balaban J connectivity index is 1.79. The molecule has 1 aliphatic rings. The van der Waals surface area contributed by atoms with E-state index in [2.05, 4.69) is 24.0 Å². The van der Waals surface area contributed by atoms with E-state index in [9.17, 15) is 0 Å². The molecule has 1 unspecified atom stereocenters. The first-order chi connectivity index (χ1) is 13.0. The van der Waals surface area contributed by atoms with E-state index in [0.717, 1.165) is 47.8 Å². The number of fused-ring (bicyclic) bond motifs is 3. The van der Waals surface area contributed by atoms with Gasteiger partial charge in [-0.25, -0.2) is 4.98 Å². The van der Waals surface area contributed by atoms with Crippen LogP contribution in [0.3, 0.4) is 0 Å². The topological polar surface area (TPSA) is 75.2 Å². The van der Waals surface area contributed by atoms with E-state index in [1.807, 2.05) is 23.5 Å². The fourth-order valence-electron chi connectivity index (χ4n) is 4.07. The molecule has 1 aliphatic heterocycles. The molecule has 4 rings (SSSR count). The van der Waals surface area contributed by atoms with E-state index >= 15 is 0 Å². The molecule has 1 N–H and O–H groups in total. The van der Waals surface area contributed by atoms with Crippen molar-refractivity contribution in [2.75, 3.05) is 27.3 Å². The number of benzene rings is 1. The van der Waals surface area contributed by atoms with Crippen molar-refractivity contribution in [3.8, 4) is 11.5 Å². The molecule has 3 atom stereocenters. The van der Waals surface area contributed by atoms with Gasteiger partial charge in [0.25, 0.3) is 0 Å². The number of methoxy groups -OCH3 is 2. The molecule has 1 fully saturated rings. The van der Waals surface area contributed by atoms with Crippen LogP contribution in [0.25, 0.3) is 16.6 Å². The quantitative estimate of drug-likeness (QED) is 0.730. The predicted octanol–water partition coefficient (Wildman–Crippen LogP) is 0.795. The second kappa shape index (κ2) is 6.94. The Morgan fingerprint density at radius 1 is 1.11 bits per heavy atom. The summed E-state index contributed by atoms with van der Waals surface area (Å²) in [6.07, 6.45) is 0.499. The summed E-state index contributed by atoms with van der Waals surface area (Å²) >= 11 is 0. The summed E-state index contributed by atoms with van der Waals surface area (Å²) < 4.78 is 18.7. The number of aryl methyl sites for hydroxylation is 1. The van der Waals surface area contributed by atoms with Crippen LogP contribution < -0.4 is 14.4 Å². The number of rotatable bonds is 4. The van der Waals surface area contributed by atoms with Crippen LogP contribution in [-0.4, -0.2) is 59.1 Å². The highest BCUT2D eigenvalue weighted by Crippen LogP contribution is 2.33. The Labute approximate surface area is 158 Å². The molecule has 0 aliphatic carbocycles. The molecule has 0 bridgehead atoms. The van der Waals surface area contributed by atoms with Gasteiger partial charge in [-0.2, -0.15) is 0 Å². The molecule has 2 aromatic heterocycles. The van der Waals surface area contributed by atoms with Crippen LogP contribution >= 0.6 is 0 Å². The minimum atomic E-state index is 0.250. The number of ether oxygens (including phenoxy) is 3. The van der Waals surface area contributed by atoms with Gasteiger partial charge in [-0.1, -0.05) is 0 Å². The maximum atomic E-state index is 5.85. The number of nitrogens with zero attached hydrogens (tertiary/aromatic N) is 4. The van der Waals surface area contributed by atoms with Gasteiger partial charge in [0.05, 0.1) is 19.7 Å². The molecule has 1 aromatic carbocycles. The van der Waals surface area contributed by atoms with Crippen molar-refractivity contribution >= 4 is 16.6 Å². The van der Waals surface area contributed by atoms with Crippen molar-refractivity contribution in [1.29, 1.82) is 0 Å². The number of aromatic nitrogens is 4. The zero-order valence-electron chi connectivity index (χ0n) is 16.4. The maximum absolute atomic E-state index is 5.85. The van der Waals surface area contributed by atoms with Crippen LogP contribution in [-0.2, 0) is 11.3 Å². The summed E-state index contributed by atoms with van der Waals surface area (Å²) in [5, 5.41) is 9.86. The SMILES string of the molecule is COc1cc2nc(C)n3c(C[NH+]4C[C@@H](C)O[C@@H](C)C4)nnc3c2cc1OC. The second-order valence-electron chi connectivity index (χ2n) is 7.25. The average Bonchev–Trinajstić information content (AvgIpc) is 3.04. The highest BCUT2D eigenvalue weighted by molar-refractivity contribution is 5.93. The fraction of sp³-hybridized carbons (Fsp3) is 0.526. The summed E-state index contributed by atoms with van der Waals surface area (Å²) in [5.41, 5.74) is 1.61. The van der Waals surface area contributed by atoms with Crippen molar-refractivity contribution in [2.24, 2.45) is 0 Å². The van der Waals surface area contributed by atoms with E-state index in [0.29, 0.717) is 11.5 Å². The molecule has 1 saturated heterocycles. The molecule has 0 amide bonds. The normalized spacial score (nSPS) is 23.1. The number of hydrogen-bond acceptors (Lipinski definition) is 6. The van der Waals surface area contributed by atoms with Crippen molar-refractivity contribution < 1.29 is 19.1 Å². The van der Waals surface area contributed by atoms with Crippen molar-refractivity contribution in [3.05, 3.63) is 23.8 Å². The lowest BCUT2D eigenvalue weighted by Gasteiger charge is -2.31. The second-order valence-corrected chi connectivity index (χ2v) is 7.25. The largest absolute Gasteiger partial charge is 0.493 e. The van der Waals surface area contributed by atoms with Gasteiger partial charge >= 0.3 is 0 Å². The monoisotopic (exact) mass is 372 g/mol. The number of hydrogen-bond donors (Lipinski definition) is 1. The first kappa shape index (κ1) is 17.9. The molecule has 27 heavy (non-hydrogen) atoms. The zero-order valence-corrected chi connectivity index (χ0v) is 16.4. The van der Waals surface area contributed by atoms with Crippen molar-refractivity contribution in [2.45, 2.75) is 39.5 Å². The first-order valence-corrected chi connectivity index (χ1v) is 9.25. The molecule has 0 radical (unpaired) electrons. The molecule has 3 aromatic rings. The Hall–Kier alpha value is -2.45. The van der Waals surface area contributed by atoms with Crippen LogP contribution in [0.1, 0.15) is 25.5 Å². The van der Waals surface area contributed by atoms with Gasteiger partial charge in [0, 0.05) is 11.5 Å². The third-order valence-electron chi connectivity index (χ3n) is 5.10. The fourth-order valence-corrected chi connectivity index (χ4v) is 4.07. The minimum absolute atomic E-state index is 0.250. The van der Waals surface area contributed by atoms with Crippen LogP contribution in [0.4, 0.5) is 0 Å². The van der Waals surface area contributed by atoms with Crippen LogP contribution in [0.5, 0.6) is 11.5 Å². The zero-order chi connectivity index (χ0) is 19.1. The molecule has 8 heteroatoms. The van der Waals surface area contributed by atoms with E-state index in [4.69, 9.17) is 19.2 Å². The first-order valence-electron chi connectivity index (χ1n) is 9.25. The van der Waals surface area contributed by atoms with Crippen molar-refractivity contribution in [3.63, 3.8) is 0 Å². The van der Waals surface area contributed by atoms with Gasteiger partial charge in [0.15, 0.2) is 23.0 Å². The highest BCUT2D eigenvalue weighted by Gasteiger charge is 2.27. The van der Waals surface area contributed by atoms with E-state index in [1.54, 1.807) is 14.2 Å². The summed E-state index contributed by atoms with van der Waals surface area (Å²) in [6.45, 7) is 8.94. The Morgan fingerprint density at radius 2 is 1.78 bits per heavy atom. The van der Waals surface area contributed by atoms with E-state index in [1.165, 1.54) is 4.90 Å². The van der Waals surface area contributed by atoms with E-state index < -0.39 is 0 Å². The van der Waals surface area contributed by atoms with Crippen molar-refractivity contribution in [1.82, 2.24) is 19.6 Å². The van der Waals surface area contributed by atoms with E-state index in [-0.39, 0.29) is 12.2 Å². The number of quaternary nitrogens is 1. The molecule has 8 nitrogen and oxygen atoms in total. The Bertz CT molecular complexity index is 977. The van der Waals surface area contributed by atoms with Gasteiger partial charge < -0.3 is 19.1 Å². The Morgan fingerprint density at radius 3 is 2.44 bits per heavy atom. The van der Waals surface area contributed by atoms with Gasteiger partial charge in [-0.15, -0.1) is 10.2 Å². The van der Waals surface area contributed by atoms with Crippen LogP contribution in [0.15, 0.2) is 12.1 Å². The molecule has 0 saturated carbocycles. The lowest BCUT2D eigenvalue weighted by molar-refractivity contribution is -0.929. The lowest BCUT2D eigenvalue weighted by Crippen LogP contribution is -3.14. The molecule has 0 spiro atoms.